The molecule has 2 aromatic rings. The predicted octanol–water partition coefficient (Wildman–Crippen LogP) is 3.57. The number of rotatable bonds is 6. The van der Waals surface area contributed by atoms with Crippen LogP contribution >= 0.6 is 0 Å². The Morgan fingerprint density at radius 3 is 2.25 bits per heavy atom. The van der Waals surface area contributed by atoms with Gasteiger partial charge in [-0.3, -0.25) is 0 Å². The Balaban J connectivity index is 1.41. The van der Waals surface area contributed by atoms with Gasteiger partial charge in [0.2, 0.25) is 0 Å². The molecule has 1 saturated carbocycles. The Morgan fingerprint density at radius 1 is 0.969 bits per heavy atom. The van der Waals surface area contributed by atoms with Crippen LogP contribution in [-0.4, -0.2) is 48.8 Å². The largest absolute Gasteiger partial charge is 0.629 e. The number of nitrogens with zero attached hydrogens (tertiary/aromatic N) is 1. The molecule has 2 aliphatic rings. The third kappa shape index (κ3) is 5.66. The summed E-state index contributed by atoms with van der Waals surface area (Å²) in [4.78, 5) is 25.4. The molecule has 1 saturated heterocycles. The van der Waals surface area contributed by atoms with E-state index in [0.29, 0.717) is 6.61 Å². The molecule has 7 heteroatoms. The van der Waals surface area contributed by atoms with Crippen molar-refractivity contribution in [3.63, 3.8) is 0 Å². The van der Waals surface area contributed by atoms with Crippen molar-refractivity contribution in [3.05, 3.63) is 84.8 Å². The summed E-state index contributed by atoms with van der Waals surface area (Å²) in [5.74, 6) is 0.697. The summed E-state index contributed by atoms with van der Waals surface area (Å²) >= 11 is 0. The van der Waals surface area contributed by atoms with Crippen molar-refractivity contribution in [2.45, 2.75) is 38.0 Å². The quantitative estimate of drug-likeness (QED) is 0.396. The van der Waals surface area contributed by atoms with Crippen LogP contribution < -0.4 is 0 Å². The normalized spacial score (nSPS) is 23.5. The zero-order valence-electron chi connectivity index (χ0n) is 18.1. The van der Waals surface area contributed by atoms with Gasteiger partial charge >= 0.3 is 19.1 Å². The van der Waals surface area contributed by atoms with Crippen LogP contribution in [0.3, 0.4) is 0 Å². The lowest BCUT2D eigenvalue weighted by Crippen LogP contribution is -2.60. The van der Waals surface area contributed by atoms with Gasteiger partial charge in [0.05, 0.1) is 12.6 Å². The molecule has 1 heterocycles. The van der Waals surface area contributed by atoms with Gasteiger partial charge in [-0.2, -0.15) is 0 Å². The minimum Gasteiger partial charge on any atom is -0.491 e. The van der Waals surface area contributed by atoms with E-state index in [9.17, 15) is 9.59 Å². The van der Waals surface area contributed by atoms with E-state index in [-0.39, 0.29) is 29.7 Å². The molecule has 0 N–H and O–H groups in total. The van der Waals surface area contributed by atoms with E-state index in [1.807, 2.05) is 60.7 Å². The van der Waals surface area contributed by atoms with Crippen molar-refractivity contribution < 1.29 is 28.1 Å². The van der Waals surface area contributed by atoms with Gasteiger partial charge in [-0.25, -0.2) is 9.59 Å². The van der Waals surface area contributed by atoms with Crippen molar-refractivity contribution >= 4 is 25.1 Å². The third-order valence-corrected chi connectivity index (χ3v) is 6.06. The number of ether oxygens (including phenoxy) is 1. The van der Waals surface area contributed by atoms with Gasteiger partial charge in [0, 0.05) is 0 Å². The Morgan fingerprint density at radius 2 is 1.59 bits per heavy atom. The topological polar surface area (TPSA) is 61.8 Å². The van der Waals surface area contributed by atoms with Crippen LogP contribution in [0.1, 0.15) is 30.4 Å². The number of quaternary nitrogens is 1. The minimum atomic E-state index is -1.04. The molecule has 0 spiro atoms. The van der Waals surface area contributed by atoms with Crippen molar-refractivity contribution in [3.8, 4) is 0 Å². The van der Waals surface area contributed by atoms with Gasteiger partial charge in [-0.05, 0) is 36.4 Å². The fourth-order valence-electron chi connectivity index (χ4n) is 4.50. The van der Waals surface area contributed by atoms with Gasteiger partial charge in [-0.1, -0.05) is 66.7 Å². The molecule has 32 heavy (non-hydrogen) atoms. The lowest BCUT2D eigenvalue weighted by Gasteiger charge is -2.48. The maximum absolute atomic E-state index is 12.7. The molecule has 1 aliphatic heterocycles. The standard InChI is InChI=1S/C25H28BNO5/c1-27(22-13-8-14-23(22)30-19-21-11-6-3-7-12-21)17-24(28)31-26(32-25(29)18-27)16-15-20-9-4-2-5-10-20/h2-7,9-12,15-16,22-23H,1,8,13-14,17-19H2/b16-15+/t22?,23-/m0/s1. The molecular weight excluding hydrogens is 405 g/mol. The Hall–Kier alpha value is -2.90. The van der Waals surface area contributed by atoms with E-state index in [2.05, 4.69) is 7.05 Å². The van der Waals surface area contributed by atoms with E-state index in [0.717, 1.165) is 30.4 Å². The van der Waals surface area contributed by atoms with Crippen LogP contribution in [0.4, 0.5) is 0 Å². The summed E-state index contributed by atoms with van der Waals surface area (Å²) in [7, 11) is 3.23. The Labute approximate surface area is 189 Å². The highest BCUT2D eigenvalue weighted by atomic mass is 16.6. The van der Waals surface area contributed by atoms with E-state index in [1.165, 1.54) is 0 Å². The van der Waals surface area contributed by atoms with E-state index < -0.39 is 19.1 Å². The number of benzene rings is 2. The minimum absolute atomic E-state index is 0.000636. The molecule has 4 rings (SSSR count). The first-order valence-corrected chi connectivity index (χ1v) is 11.0. The maximum Gasteiger partial charge on any atom is 0.629 e. The number of hydrogen-bond donors (Lipinski definition) is 0. The second-order valence-electron chi connectivity index (χ2n) is 8.49. The van der Waals surface area contributed by atoms with Gasteiger partial charge < -0.3 is 18.5 Å². The zero-order chi connectivity index (χ0) is 22.4. The summed E-state index contributed by atoms with van der Waals surface area (Å²) in [6.07, 6.45) is 4.36. The average molecular weight is 433 g/mol. The van der Waals surface area contributed by atoms with Crippen molar-refractivity contribution in [2.75, 3.05) is 13.1 Å². The lowest BCUT2D eigenvalue weighted by atomic mass is 9.88. The summed E-state index contributed by atoms with van der Waals surface area (Å²) in [6, 6.07) is 19.4. The number of carbonyl (C=O) groups excluding carboxylic acids is 2. The summed E-state index contributed by atoms with van der Waals surface area (Å²) in [5, 5.41) is 0. The van der Waals surface area contributed by atoms with Crippen LogP contribution in [0.5, 0.6) is 0 Å². The molecular formula is C25H28BNO5. The molecule has 0 bridgehead atoms. The molecule has 6 nitrogen and oxygen atoms in total. The van der Waals surface area contributed by atoms with Crippen molar-refractivity contribution in [2.24, 2.45) is 0 Å². The molecule has 0 aromatic heterocycles. The first kappa shape index (κ1) is 22.3. The second-order valence-corrected chi connectivity index (χ2v) is 8.49. The first-order valence-electron chi connectivity index (χ1n) is 11.0. The number of hydrogen-bond acceptors (Lipinski definition) is 5. The molecule has 2 aromatic carbocycles. The highest BCUT2D eigenvalue weighted by Crippen LogP contribution is 2.33. The second kappa shape index (κ2) is 10.1. The summed E-state index contributed by atoms with van der Waals surface area (Å²) in [6.45, 7) is 0.491. The molecule has 0 amide bonds. The van der Waals surface area contributed by atoms with Gasteiger partial charge in [0.15, 0.2) is 13.1 Å². The van der Waals surface area contributed by atoms with Gasteiger partial charge in [-0.15, -0.1) is 7.05 Å². The lowest BCUT2D eigenvalue weighted by molar-refractivity contribution is -0.899. The molecule has 1 aliphatic carbocycles. The Bertz CT molecular complexity index is 929. The van der Waals surface area contributed by atoms with Crippen LogP contribution in [0, 0.1) is 7.05 Å². The molecule has 2 fully saturated rings. The third-order valence-electron chi connectivity index (χ3n) is 6.06. The zero-order valence-corrected chi connectivity index (χ0v) is 18.1. The van der Waals surface area contributed by atoms with Crippen molar-refractivity contribution in [1.82, 2.24) is 0 Å². The van der Waals surface area contributed by atoms with Crippen LogP contribution in [0.25, 0.3) is 6.08 Å². The van der Waals surface area contributed by atoms with Crippen LogP contribution in [0.15, 0.2) is 66.6 Å². The van der Waals surface area contributed by atoms with Gasteiger partial charge in [0.25, 0.3) is 0 Å². The first-order chi connectivity index (χ1) is 15.5. The van der Waals surface area contributed by atoms with E-state index in [4.69, 9.17) is 14.0 Å². The molecule has 0 radical (unpaired) electrons. The summed E-state index contributed by atoms with van der Waals surface area (Å²) < 4.78 is 17.1. The monoisotopic (exact) mass is 433 g/mol. The fraction of sp³-hybridized carbons (Fsp3) is 0.320. The Kier molecular flexibility index (Phi) is 7.07. The van der Waals surface area contributed by atoms with Gasteiger partial charge in [0.1, 0.15) is 6.10 Å². The highest BCUT2D eigenvalue weighted by molar-refractivity contribution is 6.55. The molecule has 1 unspecified atom stereocenters. The van der Waals surface area contributed by atoms with Crippen LogP contribution in [-0.2, 0) is 30.2 Å². The molecule has 2 atom stereocenters. The highest BCUT2D eigenvalue weighted by Gasteiger charge is 2.44. The smallest absolute Gasteiger partial charge is 0.491 e. The summed E-state index contributed by atoms with van der Waals surface area (Å²) in [5.41, 5.74) is 2.02. The van der Waals surface area contributed by atoms with Crippen molar-refractivity contribution in [1.29, 1.82) is 0 Å². The average Bonchev–Trinajstić information content (AvgIpc) is 3.26. The molecule has 166 valence electrons. The number of carbonyl (C=O) groups is 2. The predicted molar refractivity (Wildman–Crippen MR) is 121 cm³/mol. The SMILES string of the molecule is [CH2-][N+]1(C2CCC[C@@H]2OCc2ccccc2)CC(=O)OB(/C=C/c2ccccc2)OC(=O)C1. The fourth-order valence-corrected chi connectivity index (χ4v) is 4.50. The van der Waals surface area contributed by atoms with E-state index >= 15 is 0 Å². The maximum atomic E-state index is 12.7. The van der Waals surface area contributed by atoms with E-state index in [1.54, 1.807) is 12.1 Å². The van der Waals surface area contributed by atoms with Crippen LogP contribution in [0.2, 0.25) is 0 Å².